The lowest BCUT2D eigenvalue weighted by molar-refractivity contribution is -0.127. The third kappa shape index (κ3) is 3.54. The molecule has 1 aromatic carbocycles. The van der Waals surface area contributed by atoms with E-state index in [1.54, 1.807) is 17.4 Å². The van der Waals surface area contributed by atoms with Gasteiger partial charge in [0.25, 0.3) is 0 Å². The first-order valence-corrected chi connectivity index (χ1v) is 10.2. The molecule has 0 radical (unpaired) electrons. The van der Waals surface area contributed by atoms with E-state index in [1.807, 2.05) is 48.7 Å². The van der Waals surface area contributed by atoms with Gasteiger partial charge in [-0.05, 0) is 44.9 Å². The van der Waals surface area contributed by atoms with Crippen molar-refractivity contribution in [2.45, 2.75) is 32.6 Å². The van der Waals surface area contributed by atoms with Crippen molar-refractivity contribution in [3.8, 4) is 0 Å². The summed E-state index contributed by atoms with van der Waals surface area (Å²) < 4.78 is 3.07. The van der Waals surface area contributed by atoms with Crippen LogP contribution in [0.4, 0.5) is 0 Å². The zero-order chi connectivity index (χ0) is 19.0. The summed E-state index contributed by atoms with van der Waals surface area (Å²) in [5, 5.41) is 5.56. The van der Waals surface area contributed by atoms with E-state index in [9.17, 15) is 4.79 Å². The lowest BCUT2D eigenvalue weighted by Crippen LogP contribution is -2.38. The number of aromatic nitrogens is 3. The van der Waals surface area contributed by atoms with E-state index in [4.69, 9.17) is 4.98 Å². The molecule has 3 heterocycles. The smallest absolute Gasteiger partial charge is 0.246 e. The van der Waals surface area contributed by atoms with Crippen LogP contribution in [0.25, 0.3) is 16.3 Å². The van der Waals surface area contributed by atoms with Gasteiger partial charge in [-0.25, -0.2) is 4.98 Å². The average molecular weight is 381 g/mol. The van der Waals surface area contributed by atoms with Crippen molar-refractivity contribution in [1.29, 1.82) is 0 Å². The number of thiazole rings is 1. The molecule has 5 nitrogen and oxygen atoms in total. The maximum Gasteiger partial charge on any atom is 0.246 e. The minimum absolute atomic E-state index is 0.0727. The molecule has 3 aromatic rings. The van der Waals surface area contributed by atoms with Crippen LogP contribution in [0, 0.1) is 13.8 Å². The van der Waals surface area contributed by atoms with Gasteiger partial charge in [0, 0.05) is 43.4 Å². The van der Waals surface area contributed by atoms with E-state index in [0.29, 0.717) is 5.92 Å². The van der Waals surface area contributed by atoms with Crippen LogP contribution in [0.5, 0.6) is 0 Å². The minimum Gasteiger partial charge on any atom is -0.338 e. The maximum atomic E-state index is 12.7. The number of aryl methyl sites for hydroxylation is 2. The fourth-order valence-corrected chi connectivity index (χ4v) is 4.83. The number of amides is 1. The van der Waals surface area contributed by atoms with Crippen molar-refractivity contribution < 1.29 is 4.79 Å². The van der Waals surface area contributed by atoms with Gasteiger partial charge in [0.2, 0.25) is 5.91 Å². The Labute approximate surface area is 163 Å². The molecule has 140 valence electrons. The first kappa shape index (κ1) is 17.9. The highest BCUT2D eigenvalue weighted by Gasteiger charge is 2.26. The van der Waals surface area contributed by atoms with Gasteiger partial charge in [-0.1, -0.05) is 12.1 Å². The molecule has 0 aliphatic carbocycles. The molecule has 1 aliphatic rings. The number of carbonyl (C=O) groups is 1. The van der Waals surface area contributed by atoms with Crippen LogP contribution >= 0.6 is 11.3 Å². The number of benzene rings is 1. The molecule has 1 amide bonds. The second-order valence-electron chi connectivity index (χ2n) is 7.18. The summed E-state index contributed by atoms with van der Waals surface area (Å²) in [5.41, 5.74) is 4.11. The van der Waals surface area contributed by atoms with Crippen molar-refractivity contribution >= 4 is 33.5 Å². The summed E-state index contributed by atoms with van der Waals surface area (Å²) in [6.45, 7) is 5.55. The predicted molar refractivity (Wildman–Crippen MR) is 110 cm³/mol. The topological polar surface area (TPSA) is 51.0 Å². The second kappa shape index (κ2) is 7.27. The third-order valence-electron chi connectivity index (χ3n) is 5.35. The molecule has 0 spiro atoms. The van der Waals surface area contributed by atoms with Crippen LogP contribution in [0.3, 0.4) is 0 Å². The quantitative estimate of drug-likeness (QED) is 0.644. The summed E-state index contributed by atoms with van der Waals surface area (Å²) in [6, 6.07) is 8.25. The lowest BCUT2D eigenvalue weighted by atomic mass is 9.98. The zero-order valence-electron chi connectivity index (χ0n) is 16.0. The van der Waals surface area contributed by atoms with Crippen LogP contribution in [0.1, 0.15) is 40.7 Å². The van der Waals surface area contributed by atoms with Crippen LogP contribution in [0.15, 0.2) is 30.3 Å². The van der Waals surface area contributed by atoms with E-state index in [-0.39, 0.29) is 5.91 Å². The van der Waals surface area contributed by atoms with Gasteiger partial charge in [0.15, 0.2) is 0 Å². The highest BCUT2D eigenvalue weighted by molar-refractivity contribution is 7.18. The molecule has 27 heavy (non-hydrogen) atoms. The molecule has 1 fully saturated rings. The molecule has 2 aromatic heterocycles. The van der Waals surface area contributed by atoms with Gasteiger partial charge in [-0.2, -0.15) is 5.10 Å². The monoisotopic (exact) mass is 380 g/mol. The Morgan fingerprint density at radius 3 is 2.85 bits per heavy atom. The summed E-state index contributed by atoms with van der Waals surface area (Å²) in [7, 11) is 1.93. The number of piperidine rings is 1. The average Bonchev–Trinajstić information content (AvgIpc) is 3.21. The Bertz CT molecular complexity index is 984. The van der Waals surface area contributed by atoms with Gasteiger partial charge in [0.05, 0.1) is 20.9 Å². The number of para-hydroxylation sites is 1. The number of fused-ring (bicyclic) bond motifs is 1. The predicted octanol–water partition coefficient (Wildman–Crippen LogP) is 4.07. The van der Waals surface area contributed by atoms with E-state index >= 15 is 0 Å². The molecule has 1 aliphatic heterocycles. The molecule has 0 saturated carbocycles. The number of nitrogens with zero attached hydrogens (tertiary/aromatic N) is 4. The fourth-order valence-electron chi connectivity index (χ4n) is 3.73. The van der Waals surface area contributed by atoms with Crippen molar-refractivity contribution in [3.05, 3.63) is 52.3 Å². The van der Waals surface area contributed by atoms with Gasteiger partial charge in [0.1, 0.15) is 0 Å². The molecule has 6 heteroatoms. The zero-order valence-corrected chi connectivity index (χ0v) is 16.8. The highest BCUT2D eigenvalue weighted by Crippen LogP contribution is 2.33. The Hall–Kier alpha value is -2.47. The summed E-state index contributed by atoms with van der Waals surface area (Å²) in [4.78, 5) is 19.5. The fraction of sp³-hybridized carbons (Fsp3) is 0.381. The molecule has 0 bridgehead atoms. The first-order valence-electron chi connectivity index (χ1n) is 9.35. The number of rotatable bonds is 3. The Balaban J connectivity index is 1.49. The number of likely N-dealkylation sites (tertiary alicyclic amines) is 1. The molecule has 4 rings (SSSR count). The first-order chi connectivity index (χ1) is 13.0. The van der Waals surface area contributed by atoms with Crippen LogP contribution in [-0.2, 0) is 11.8 Å². The maximum absolute atomic E-state index is 12.7. The summed E-state index contributed by atoms with van der Waals surface area (Å²) >= 11 is 1.76. The normalized spacial score (nSPS) is 17.9. The van der Waals surface area contributed by atoms with E-state index in [0.717, 1.165) is 53.4 Å². The summed E-state index contributed by atoms with van der Waals surface area (Å²) in [6.07, 6.45) is 5.71. The molecule has 1 saturated heterocycles. The molecule has 1 unspecified atom stereocenters. The van der Waals surface area contributed by atoms with Gasteiger partial charge in [-0.15, -0.1) is 11.3 Å². The van der Waals surface area contributed by atoms with E-state index < -0.39 is 0 Å². The second-order valence-corrected chi connectivity index (χ2v) is 8.25. The Kier molecular flexibility index (Phi) is 4.83. The highest BCUT2D eigenvalue weighted by atomic mass is 32.1. The minimum atomic E-state index is 0.0727. The number of hydrogen-bond donors (Lipinski definition) is 0. The molecular weight excluding hydrogens is 356 g/mol. The Morgan fingerprint density at radius 2 is 2.11 bits per heavy atom. The lowest BCUT2D eigenvalue weighted by Gasteiger charge is -2.31. The SMILES string of the molecule is Cc1nn(C)c(C)c1/C=C/C(=O)N1CCCC(c2nc3ccccc3s2)C1. The third-order valence-corrected chi connectivity index (χ3v) is 6.55. The number of carbonyl (C=O) groups excluding carboxylic acids is 1. The molecular formula is C21H24N4OS. The molecule has 0 N–H and O–H groups in total. The van der Waals surface area contributed by atoms with E-state index in [1.165, 1.54) is 4.70 Å². The summed E-state index contributed by atoms with van der Waals surface area (Å²) in [5.74, 6) is 0.402. The standard InChI is InChI=1S/C21H24N4OS/c1-14-17(15(2)24(3)23-14)10-11-20(26)25-12-6-7-16(13-25)21-22-18-8-4-5-9-19(18)27-21/h4-5,8-11,16H,6-7,12-13H2,1-3H3/b11-10+. The van der Waals surface area contributed by atoms with Crippen molar-refractivity contribution in [1.82, 2.24) is 19.7 Å². The van der Waals surface area contributed by atoms with Crippen LogP contribution < -0.4 is 0 Å². The van der Waals surface area contributed by atoms with Gasteiger partial charge < -0.3 is 4.90 Å². The van der Waals surface area contributed by atoms with Crippen LogP contribution in [-0.4, -0.2) is 38.7 Å². The number of hydrogen-bond acceptors (Lipinski definition) is 4. The van der Waals surface area contributed by atoms with Gasteiger partial charge in [-0.3, -0.25) is 9.48 Å². The Morgan fingerprint density at radius 1 is 1.30 bits per heavy atom. The molecule has 1 atom stereocenters. The van der Waals surface area contributed by atoms with Crippen molar-refractivity contribution in [2.75, 3.05) is 13.1 Å². The van der Waals surface area contributed by atoms with E-state index in [2.05, 4.69) is 17.2 Å². The van der Waals surface area contributed by atoms with Crippen LogP contribution in [0.2, 0.25) is 0 Å². The largest absolute Gasteiger partial charge is 0.338 e. The van der Waals surface area contributed by atoms with Gasteiger partial charge >= 0.3 is 0 Å². The van der Waals surface area contributed by atoms with Crippen molar-refractivity contribution in [2.24, 2.45) is 7.05 Å². The van der Waals surface area contributed by atoms with Crippen molar-refractivity contribution in [3.63, 3.8) is 0 Å².